The molecular weight excluding hydrogens is 192 g/mol. The van der Waals surface area contributed by atoms with Gasteiger partial charge in [-0.25, -0.2) is 0 Å². The van der Waals surface area contributed by atoms with E-state index in [1.54, 1.807) is 0 Å². The van der Waals surface area contributed by atoms with E-state index in [1.807, 2.05) is 6.92 Å². The van der Waals surface area contributed by atoms with E-state index in [4.69, 9.17) is 10.3 Å². The van der Waals surface area contributed by atoms with Gasteiger partial charge in [-0.3, -0.25) is 0 Å². The summed E-state index contributed by atoms with van der Waals surface area (Å²) >= 11 is 0. The second-order valence-electron chi connectivity index (χ2n) is 5.08. The molecule has 1 heterocycles. The van der Waals surface area contributed by atoms with Crippen molar-refractivity contribution in [1.29, 1.82) is 0 Å². The standard InChI is InChI=1S/C11H18N2O2/c1-7-9-8(15-13-7)4-5-10(2,3)11(9,12)6-14/h14H,4-6,12H2,1-3H3. The van der Waals surface area contributed by atoms with Crippen molar-refractivity contribution in [2.24, 2.45) is 11.1 Å². The van der Waals surface area contributed by atoms with Gasteiger partial charge in [-0.1, -0.05) is 19.0 Å². The summed E-state index contributed by atoms with van der Waals surface area (Å²) in [4.78, 5) is 0. The number of aliphatic hydroxyl groups is 1. The monoisotopic (exact) mass is 210 g/mol. The molecule has 4 heteroatoms. The first-order valence-electron chi connectivity index (χ1n) is 5.28. The first-order valence-corrected chi connectivity index (χ1v) is 5.28. The van der Waals surface area contributed by atoms with Gasteiger partial charge in [-0.2, -0.15) is 0 Å². The third-order valence-electron chi connectivity index (χ3n) is 3.81. The van der Waals surface area contributed by atoms with Crippen LogP contribution in [0.15, 0.2) is 4.52 Å². The molecule has 4 nitrogen and oxygen atoms in total. The average Bonchev–Trinajstić information content (AvgIpc) is 2.55. The van der Waals surface area contributed by atoms with Crippen LogP contribution in [0.1, 0.15) is 37.3 Å². The zero-order valence-electron chi connectivity index (χ0n) is 9.50. The molecule has 0 saturated carbocycles. The van der Waals surface area contributed by atoms with Crippen molar-refractivity contribution < 1.29 is 9.63 Å². The normalized spacial score (nSPS) is 28.9. The Morgan fingerprint density at radius 3 is 2.80 bits per heavy atom. The van der Waals surface area contributed by atoms with Gasteiger partial charge in [0.25, 0.3) is 0 Å². The highest BCUT2D eigenvalue weighted by molar-refractivity contribution is 5.36. The van der Waals surface area contributed by atoms with E-state index in [9.17, 15) is 5.11 Å². The highest BCUT2D eigenvalue weighted by Gasteiger charge is 2.49. The first kappa shape index (κ1) is 10.6. The minimum absolute atomic E-state index is 0.0744. The zero-order chi connectivity index (χ0) is 11.3. The molecule has 1 atom stereocenters. The molecule has 1 aliphatic carbocycles. The van der Waals surface area contributed by atoms with Crippen LogP contribution in [0.2, 0.25) is 0 Å². The number of aromatic nitrogens is 1. The molecule has 1 aromatic rings. The number of rotatable bonds is 1. The Morgan fingerprint density at radius 1 is 1.53 bits per heavy atom. The number of nitrogens with zero attached hydrogens (tertiary/aromatic N) is 1. The molecule has 2 rings (SSSR count). The third-order valence-corrected chi connectivity index (χ3v) is 3.81. The SMILES string of the molecule is Cc1noc2c1C(N)(CO)C(C)(C)CC2. The zero-order valence-corrected chi connectivity index (χ0v) is 9.50. The summed E-state index contributed by atoms with van der Waals surface area (Å²) in [6.45, 7) is 5.97. The molecule has 0 aromatic carbocycles. The van der Waals surface area contributed by atoms with E-state index < -0.39 is 5.54 Å². The molecule has 1 aliphatic rings. The van der Waals surface area contributed by atoms with Gasteiger partial charge >= 0.3 is 0 Å². The van der Waals surface area contributed by atoms with Gasteiger partial charge in [-0.05, 0) is 18.8 Å². The van der Waals surface area contributed by atoms with E-state index in [0.29, 0.717) is 0 Å². The third kappa shape index (κ3) is 1.25. The van der Waals surface area contributed by atoms with Crippen molar-refractivity contribution >= 4 is 0 Å². The summed E-state index contributed by atoms with van der Waals surface area (Å²) in [6, 6.07) is 0. The van der Waals surface area contributed by atoms with Gasteiger partial charge in [0, 0.05) is 12.0 Å². The predicted molar refractivity (Wildman–Crippen MR) is 56.3 cm³/mol. The number of fused-ring (bicyclic) bond motifs is 1. The molecular formula is C11H18N2O2. The maximum absolute atomic E-state index is 9.58. The van der Waals surface area contributed by atoms with E-state index >= 15 is 0 Å². The van der Waals surface area contributed by atoms with Crippen LogP contribution in [-0.2, 0) is 12.0 Å². The summed E-state index contributed by atoms with van der Waals surface area (Å²) in [5.41, 5.74) is 7.18. The van der Waals surface area contributed by atoms with Gasteiger partial charge < -0.3 is 15.4 Å². The lowest BCUT2D eigenvalue weighted by Crippen LogP contribution is -2.55. The summed E-state index contributed by atoms with van der Waals surface area (Å²) in [5.74, 6) is 0.836. The number of hydrogen-bond donors (Lipinski definition) is 2. The molecule has 1 unspecified atom stereocenters. The summed E-state index contributed by atoms with van der Waals surface area (Å²) < 4.78 is 5.24. The molecule has 0 bridgehead atoms. The molecule has 84 valence electrons. The van der Waals surface area contributed by atoms with Crippen molar-refractivity contribution in [2.75, 3.05) is 6.61 Å². The number of nitrogens with two attached hydrogens (primary N) is 1. The van der Waals surface area contributed by atoms with Crippen LogP contribution in [0, 0.1) is 12.3 Å². The van der Waals surface area contributed by atoms with Crippen molar-refractivity contribution in [3.63, 3.8) is 0 Å². The van der Waals surface area contributed by atoms with E-state index in [0.717, 1.165) is 29.9 Å². The van der Waals surface area contributed by atoms with E-state index in [1.165, 1.54) is 0 Å². The molecule has 0 saturated heterocycles. The molecule has 0 aliphatic heterocycles. The first-order chi connectivity index (χ1) is 6.92. The Bertz CT molecular complexity index is 384. The summed E-state index contributed by atoms with van der Waals surface area (Å²) in [6.07, 6.45) is 1.76. The highest BCUT2D eigenvalue weighted by Crippen LogP contribution is 2.47. The van der Waals surface area contributed by atoms with Gasteiger partial charge in [0.05, 0.1) is 17.8 Å². The Hall–Kier alpha value is -0.870. The number of aliphatic hydroxyl groups excluding tert-OH is 1. The van der Waals surface area contributed by atoms with Crippen LogP contribution in [0.4, 0.5) is 0 Å². The van der Waals surface area contributed by atoms with Crippen molar-refractivity contribution in [2.45, 2.75) is 39.2 Å². The molecule has 0 radical (unpaired) electrons. The van der Waals surface area contributed by atoms with Gasteiger partial charge in [0.2, 0.25) is 0 Å². The van der Waals surface area contributed by atoms with E-state index in [-0.39, 0.29) is 12.0 Å². The summed E-state index contributed by atoms with van der Waals surface area (Å²) in [7, 11) is 0. The topological polar surface area (TPSA) is 72.3 Å². The smallest absolute Gasteiger partial charge is 0.142 e. The van der Waals surface area contributed by atoms with Crippen LogP contribution >= 0.6 is 0 Å². The predicted octanol–water partition coefficient (Wildman–Crippen LogP) is 1.10. The number of aryl methyl sites for hydroxylation is 2. The largest absolute Gasteiger partial charge is 0.394 e. The van der Waals surface area contributed by atoms with Crippen LogP contribution in [-0.4, -0.2) is 16.9 Å². The Labute approximate surface area is 89.4 Å². The van der Waals surface area contributed by atoms with E-state index in [2.05, 4.69) is 19.0 Å². The molecule has 0 fully saturated rings. The molecule has 0 spiro atoms. The Morgan fingerprint density at radius 2 is 2.20 bits per heavy atom. The van der Waals surface area contributed by atoms with Crippen LogP contribution in [0.25, 0.3) is 0 Å². The molecule has 0 amide bonds. The Balaban J connectivity index is 2.62. The maximum atomic E-state index is 9.58. The lowest BCUT2D eigenvalue weighted by molar-refractivity contribution is 0.0587. The number of hydrogen-bond acceptors (Lipinski definition) is 4. The molecule has 3 N–H and O–H groups in total. The Kier molecular flexibility index (Phi) is 2.17. The fraction of sp³-hybridized carbons (Fsp3) is 0.727. The fourth-order valence-corrected chi connectivity index (χ4v) is 2.44. The second-order valence-corrected chi connectivity index (χ2v) is 5.08. The second kappa shape index (κ2) is 3.06. The van der Waals surface area contributed by atoms with Gasteiger partial charge in [0.1, 0.15) is 5.76 Å². The van der Waals surface area contributed by atoms with Crippen LogP contribution in [0.5, 0.6) is 0 Å². The lowest BCUT2D eigenvalue weighted by Gasteiger charge is -2.45. The average molecular weight is 210 g/mol. The van der Waals surface area contributed by atoms with Gasteiger partial charge in [0.15, 0.2) is 0 Å². The lowest BCUT2D eigenvalue weighted by atomic mass is 9.62. The van der Waals surface area contributed by atoms with Crippen molar-refractivity contribution in [1.82, 2.24) is 5.16 Å². The van der Waals surface area contributed by atoms with Crippen LogP contribution < -0.4 is 5.73 Å². The maximum Gasteiger partial charge on any atom is 0.142 e. The van der Waals surface area contributed by atoms with Crippen LogP contribution in [0.3, 0.4) is 0 Å². The molecule has 1 aromatic heterocycles. The van der Waals surface area contributed by atoms with Crippen molar-refractivity contribution in [3.05, 3.63) is 17.0 Å². The minimum Gasteiger partial charge on any atom is -0.394 e. The fourth-order valence-electron chi connectivity index (χ4n) is 2.44. The quantitative estimate of drug-likeness (QED) is 0.728. The highest BCUT2D eigenvalue weighted by atomic mass is 16.5. The minimum atomic E-state index is -0.731. The molecule has 15 heavy (non-hydrogen) atoms. The van der Waals surface area contributed by atoms with Crippen molar-refractivity contribution in [3.8, 4) is 0 Å². The van der Waals surface area contributed by atoms with Gasteiger partial charge in [-0.15, -0.1) is 0 Å². The summed E-state index contributed by atoms with van der Waals surface area (Å²) in [5, 5.41) is 13.5.